The molecule has 158 valence electrons. The van der Waals surface area contributed by atoms with Crippen LogP contribution in [0.3, 0.4) is 0 Å². The summed E-state index contributed by atoms with van der Waals surface area (Å²) in [4.78, 5) is 0. The van der Waals surface area contributed by atoms with Gasteiger partial charge in [0.2, 0.25) is 0 Å². The Kier molecular flexibility index (Phi) is 19.8. The first-order chi connectivity index (χ1) is 12.7. The van der Waals surface area contributed by atoms with E-state index in [-0.39, 0.29) is 0 Å². The summed E-state index contributed by atoms with van der Waals surface area (Å²) in [6, 6.07) is 0.959. The topological polar surface area (TPSA) is 65.7 Å². The predicted octanol–water partition coefficient (Wildman–Crippen LogP) is 4.48. The predicted molar refractivity (Wildman–Crippen MR) is 114 cm³/mol. The lowest BCUT2D eigenvalue weighted by Gasteiger charge is -2.28. The fraction of sp³-hybridized carbons (Fsp3) is 1.00. The second-order valence-electron chi connectivity index (χ2n) is 6.81. The largest absolute Gasteiger partial charge is 0.500 e. The summed E-state index contributed by atoms with van der Waals surface area (Å²) < 4.78 is 17.7. The van der Waals surface area contributed by atoms with Crippen molar-refractivity contribution in [3.8, 4) is 0 Å². The number of hydrogen-bond donors (Lipinski definition) is 2. The van der Waals surface area contributed by atoms with Gasteiger partial charge in [-0.15, -0.1) is 0 Å². The molecule has 0 unspecified atom stereocenters. The number of unbranched alkanes of at least 4 members (excludes halogenated alkanes) is 9. The van der Waals surface area contributed by atoms with E-state index >= 15 is 0 Å². The molecule has 0 fully saturated rings. The van der Waals surface area contributed by atoms with Gasteiger partial charge in [-0.2, -0.15) is 0 Å². The van der Waals surface area contributed by atoms with Crippen molar-refractivity contribution in [3.05, 3.63) is 0 Å². The van der Waals surface area contributed by atoms with Gasteiger partial charge >= 0.3 is 8.80 Å². The van der Waals surface area contributed by atoms with Gasteiger partial charge in [0, 0.05) is 39.0 Å². The molecule has 0 aromatic carbocycles. The number of hydrogen-bond acceptors (Lipinski definition) is 5. The van der Waals surface area contributed by atoms with Crippen LogP contribution in [-0.2, 0) is 13.3 Å². The minimum absolute atomic E-state index is 0.676. The van der Waals surface area contributed by atoms with Crippen molar-refractivity contribution in [2.24, 2.45) is 5.73 Å². The zero-order chi connectivity index (χ0) is 19.3. The van der Waals surface area contributed by atoms with Crippen LogP contribution in [0.25, 0.3) is 0 Å². The molecule has 0 aliphatic heterocycles. The average molecular weight is 391 g/mol. The zero-order valence-electron chi connectivity index (χ0n) is 17.8. The van der Waals surface area contributed by atoms with E-state index < -0.39 is 8.80 Å². The second kappa shape index (κ2) is 19.8. The Morgan fingerprint density at radius 3 is 1.46 bits per heavy atom. The molecular formula is C20H46N2O3Si. The summed E-state index contributed by atoms with van der Waals surface area (Å²) in [7, 11) is -2.41. The van der Waals surface area contributed by atoms with Crippen molar-refractivity contribution in [1.82, 2.24) is 5.32 Å². The monoisotopic (exact) mass is 390 g/mol. The van der Waals surface area contributed by atoms with Crippen LogP contribution >= 0.6 is 0 Å². The molecule has 0 aromatic heterocycles. The van der Waals surface area contributed by atoms with Crippen molar-refractivity contribution in [3.63, 3.8) is 0 Å². The van der Waals surface area contributed by atoms with Gasteiger partial charge < -0.3 is 24.3 Å². The number of rotatable bonds is 21. The van der Waals surface area contributed by atoms with Gasteiger partial charge in [0.05, 0.1) is 0 Å². The van der Waals surface area contributed by atoms with Gasteiger partial charge in [0.15, 0.2) is 0 Å². The molecule has 0 saturated heterocycles. The van der Waals surface area contributed by atoms with Crippen LogP contribution < -0.4 is 11.1 Å². The Balaban J connectivity index is 3.52. The molecule has 5 nitrogen and oxygen atoms in total. The SMILES string of the molecule is CCO[Si](CCCCCCCCCCCCNCCN)(OCC)OCC. The molecule has 0 saturated carbocycles. The number of nitrogens with two attached hydrogens (primary N) is 1. The van der Waals surface area contributed by atoms with E-state index in [0.717, 1.165) is 32.1 Å². The smallest absolute Gasteiger partial charge is 0.374 e. The normalized spacial score (nSPS) is 12.0. The van der Waals surface area contributed by atoms with E-state index in [1.54, 1.807) is 0 Å². The van der Waals surface area contributed by atoms with Gasteiger partial charge in [-0.1, -0.05) is 51.4 Å². The van der Waals surface area contributed by atoms with E-state index in [2.05, 4.69) is 5.32 Å². The highest BCUT2D eigenvalue weighted by Crippen LogP contribution is 2.21. The van der Waals surface area contributed by atoms with Crippen molar-refractivity contribution in [2.45, 2.75) is 91.0 Å². The minimum Gasteiger partial charge on any atom is -0.374 e. The van der Waals surface area contributed by atoms with E-state index in [4.69, 9.17) is 19.0 Å². The summed E-state index contributed by atoms with van der Waals surface area (Å²) in [5.74, 6) is 0. The molecule has 0 radical (unpaired) electrons. The van der Waals surface area contributed by atoms with Gasteiger partial charge in [-0.05, 0) is 40.2 Å². The molecule has 0 rings (SSSR count). The Morgan fingerprint density at radius 1 is 0.615 bits per heavy atom. The zero-order valence-corrected chi connectivity index (χ0v) is 18.8. The third-order valence-corrected chi connectivity index (χ3v) is 7.65. The summed E-state index contributed by atoms with van der Waals surface area (Å²) in [5, 5.41) is 3.35. The molecule has 0 aliphatic rings. The van der Waals surface area contributed by atoms with Gasteiger partial charge in [-0.3, -0.25) is 0 Å². The quantitative estimate of drug-likeness (QED) is 0.223. The van der Waals surface area contributed by atoms with Crippen LogP contribution in [0.1, 0.15) is 85.0 Å². The molecule has 26 heavy (non-hydrogen) atoms. The van der Waals surface area contributed by atoms with E-state index in [1.807, 2.05) is 20.8 Å². The van der Waals surface area contributed by atoms with Crippen LogP contribution in [0.5, 0.6) is 0 Å². The molecule has 0 aromatic rings. The lowest BCUT2D eigenvalue weighted by molar-refractivity contribution is 0.0706. The van der Waals surface area contributed by atoms with Crippen molar-refractivity contribution < 1.29 is 13.3 Å². The van der Waals surface area contributed by atoms with Gasteiger partial charge in [-0.25, -0.2) is 0 Å². The highest BCUT2D eigenvalue weighted by molar-refractivity contribution is 6.60. The Labute approximate surface area is 164 Å². The average Bonchev–Trinajstić information content (AvgIpc) is 2.63. The standard InChI is InChI=1S/C20H46N2O3Si/c1-4-23-26(24-5-2,25-6-3)20-16-14-12-10-8-7-9-11-13-15-18-22-19-17-21/h22H,4-21H2,1-3H3. The highest BCUT2D eigenvalue weighted by atomic mass is 28.4. The minimum atomic E-state index is -2.41. The maximum absolute atomic E-state index is 5.91. The maximum Gasteiger partial charge on any atom is 0.500 e. The van der Waals surface area contributed by atoms with Gasteiger partial charge in [0.1, 0.15) is 0 Å². The van der Waals surface area contributed by atoms with E-state index in [9.17, 15) is 0 Å². The maximum atomic E-state index is 5.91. The van der Waals surface area contributed by atoms with E-state index in [0.29, 0.717) is 19.8 Å². The molecule has 0 bridgehead atoms. The molecular weight excluding hydrogens is 344 g/mol. The Bertz CT molecular complexity index is 267. The summed E-state index contributed by atoms with van der Waals surface area (Å²) in [6.45, 7) is 10.9. The highest BCUT2D eigenvalue weighted by Gasteiger charge is 2.39. The molecule has 0 aliphatic carbocycles. The van der Waals surface area contributed by atoms with Crippen LogP contribution in [0.15, 0.2) is 0 Å². The number of nitrogens with one attached hydrogen (secondary N) is 1. The Morgan fingerprint density at radius 2 is 1.04 bits per heavy atom. The summed E-state index contributed by atoms with van der Waals surface area (Å²) in [5.41, 5.74) is 5.45. The summed E-state index contributed by atoms with van der Waals surface area (Å²) >= 11 is 0. The van der Waals surface area contributed by atoms with Gasteiger partial charge in [0.25, 0.3) is 0 Å². The first kappa shape index (κ1) is 26.0. The van der Waals surface area contributed by atoms with Crippen molar-refractivity contribution in [2.75, 3.05) is 39.5 Å². The Hall–Kier alpha value is 0.0169. The molecule has 0 atom stereocenters. The van der Waals surface area contributed by atoms with Crippen LogP contribution in [-0.4, -0.2) is 48.3 Å². The third kappa shape index (κ3) is 15.1. The molecule has 0 spiro atoms. The second-order valence-corrected chi connectivity index (χ2v) is 9.54. The fourth-order valence-electron chi connectivity index (χ4n) is 3.23. The fourth-order valence-corrected chi connectivity index (χ4v) is 5.92. The lowest BCUT2D eigenvalue weighted by atomic mass is 10.1. The first-order valence-corrected chi connectivity index (χ1v) is 13.0. The molecule has 0 heterocycles. The third-order valence-electron chi connectivity index (χ3n) is 4.50. The van der Waals surface area contributed by atoms with Crippen LogP contribution in [0, 0.1) is 0 Å². The lowest BCUT2D eigenvalue weighted by Crippen LogP contribution is -2.45. The van der Waals surface area contributed by atoms with Crippen LogP contribution in [0.4, 0.5) is 0 Å². The van der Waals surface area contributed by atoms with Crippen molar-refractivity contribution in [1.29, 1.82) is 0 Å². The first-order valence-electron chi connectivity index (χ1n) is 11.1. The van der Waals surface area contributed by atoms with Crippen molar-refractivity contribution >= 4 is 8.80 Å². The van der Waals surface area contributed by atoms with Crippen LogP contribution in [0.2, 0.25) is 6.04 Å². The molecule has 3 N–H and O–H groups in total. The molecule has 6 heteroatoms. The van der Waals surface area contributed by atoms with E-state index in [1.165, 1.54) is 57.8 Å². The molecule has 0 amide bonds. The summed E-state index contributed by atoms with van der Waals surface area (Å²) in [6.07, 6.45) is 13.2.